The predicted molar refractivity (Wildman–Crippen MR) is 71.0 cm³/mol. The highest BCUT2D eigenvalue weighted by Crippen LogP contribution is 2.34. The molecule has 1 aromatic heterocycles. The lowest BCUT2D eigenvalue weighted by Gasteiger charge is -2.10. The molecule has 1 aromatic carbocycles. The fourth-order valence-electron chi connectivity index (χ4n) is 1.61. The Labute approximate surface area is 117 Å². The maximum Gasteiger partial charge on any atom is 0.417 e. The quantitative estimate of drug-likeness (QED) is 0.894. The van der Waals surface area contributed by atoms with Crippen molar-refractivity contribution in [2.75, 3.05) is 5.32 Å². The molecule has 1 N–H and O–H groups in total. The summed E-state index contributed by atoms with van der Waals surface area (Å²) in [4.78, 5) is 5.26. The van der Waals surface area contributed by atoms with Gasteiger partial charge in [-0.2, -0.15) is 18.4 Å². The zero-order valence-corrected chi connectivity index (χ0v) is 11.5. The summed E-state index contributed by atoms with van der Waals surface area (Å²) in [6, 6.07) is 4.93. The van der Waals surface area contributed by atoms with E-state index in [1.807, 2.05) is 13.8 Å². The van der Waals surface area contributed by atoms with Gasteiger partial charge in [0.05, 0.1) is 22.9 Å². The highest BCUT2D eigenvalue weighted by Gasteiger charge is 2.33. The average Bonchev–Trinajstić information content (AvgIpc) is 2.66. The molecule has 3 nitrogen and oxygen atoms in total. The van der Waals surface area contributed by atoms with Crippen LogP contribution < -0.4 is 5.32 Å². The number of nitrogens with zero attached hydrogens (tertiary/aromatic N) is 2. The van der Waals surface area contributed by atoms with Gasteiger partial charge in [-0.05, 0) is 32.0 Å². The third-order valence-electron chi connectivity index (χ3n) is 2.73. The molecule has 0 aliphatic carbocycles. The van der Waals surface area contributed by atoms with Gasteiger partial charge in [0.2, 0.25) is 0 Å². The lowest BCUT2D eigenvalue weighted by molar-refractivity contribution is -0.137. The normalized spacial score (nSPS) is 11.2. The van der Waals surface area contributed by atoms with Crippen LogP contribution in [0.15, 0.2) is 18.2 Å². The average molecular weight is 297 g/mol. The number of hydrogen-bond acceptors (Lipinski definition) is 4. The van der Waals surface area contributed by atoms with Crippen molar-refractivity contribution in [2.45, 2.75) is 20.0 Å². The van der Waals surface area contributed by atoms with E-state index in [0.29, 0.717) is 10.8 Å². The van der Waals surface area contributed by atoms with Gasteiger partial charge in [0, 0.05) is 10.6 Å². The van der Waals surface area contributed by atoms with Gasteiger partial charge >= 0.3 is 6.18 Å². The molecule has 0 radical (unpaired) electrons. The SMILES string of the molecule is Cc1nc(Nc2ccc(C(F)(F)F)c(C#N)c2)sc1C. The minimum atomic E-state index is -4.53. The van der Waals surface area contributed by atoms with Gasteiger partial charge in [-0.15, -0.1) is 11.3 Å². The van der Waals surface area contributed by atoms with Crippen molar-refractivity contribution >= 4 is 22.2 Å². The summed E-state index contributed by atoms with van der Waals surface area (Å²) in [5, 5.41) is 12.3. The van der Waals surface area contributed by atoms with Crippen LogP contribution in [0.1, 0.15) is 21.7 Å². The Bertz CT molecular complexity index is 664. The molecule has 0 saturated carbocycles. The standard InChI is InChI=1S/C13H10F3N3S/c1-7-8(2)20-12(18-7)19-10-3-4-11(13(14,15)16)9(5-10)6-17/h3-5H,1-2H3,(H,18,19). The van der Waals surface area contributed by atoms with Crippen molar-refractivity contribution in [1.82, 2.24) is 4.98 Å². The van der Waals surface area contributed by atoms with E-state index >= 15 is 0 Å². The first-order valence-corrected chi connectivity index (χ1v) is 6.45. The van der Waals surface area contributed by atoms with Crippen molar-refractivity contribution in [3.05, 3.63) is 39.9 Å². The summed E-state index contributed by atoms with van der Waals surface area (Å²) >= 11 is 1.41. The lowest BCUT2D eigenvalue weighted by atomic mass is 10.1. The van der Waals surface area contributed by atoms with Crippen LogP contribution in [0.5, 0.6) is 0 Å². The van der Waals surface area contributed by atoms with Gasteiger partial charge in [0.1, 0.15) is 0 Å². The number of aryl methyl sites for hydroxylation is 2. The first-order valence-electron chi connectivity index (χ1n) is 5.63. The summed E-state index contributed by atoms with van der Waals surface area (Å²) in [6.45, 7) is 3.76. The molecule has 1 heterocycles. The van der Waals surface area contributed by atoms with Gasteiger partial charge in [0.25, 0.3) is 0 Å². The minimum Gasteiger partial charge on any atom is -0.331 e. The van der Waals surface area contributed by atoms with Crippen LogP contribution in [0.3, 0.4) is 0 Å². The van der Waals surface area contributed by atoms with Crippen LogP contribution >= 0.6 is 11.3 Å². The van der Waals surface area contributed by atoms with E-state index in [-0.39, 0.29) is 0 Å². The molecular formula is C13H10F3N3S. The van der Waals surface area contributed by atoms with Gasteiger partial charge < -0.3 is 5.32 Å². The Kier molecular flexibility index (Phi) is 3.68. The van der Waals surface area contributed by atoms with E-state index in [1.54, 1.807) is 6.07 Å². The number of rotatable bonds is 2. The molecule has 2 rings (SSSR count). The molecule has 20 heavy (non-hydrogen) atoms. The first-order chi connectivity index (χ1) is 9.31. The third-order valence-corrected chi connectivity index (χ3v) is 3.71. The van der Waals surface area contributed by atoms with Crippen molar-refractivity contribution < 1.29 is 13.2 Å². The molecule has 7 heteroatoms. The van der Waals surface area contributed by atoms with E-state index in [4.69, 9.17) is 5.26 Å². The first kappa shape index (κ1) is 14.3. The number of anilines is 2. The number of hydrogen-bond donors (Lipinski definition) is 1. The van der Waals surface area contributed by atoms with Crippen molar-refractivity contribution in [3.63, 3.8) is 0 Å². The Morgan fingerprint density at radius 3 is 2.50 bits per heavy atom. The molecule has 2 aromatic rings. The second kappa shape index (κ2) is 5.13. The molecule has 0 amide bonds. The van der Waals surface area contributed by atoms with Gasteiger partial charge in [0.15, 0.2) is 5.13 Å². The van der Waals surface area contributed by atoms with Crippen molar-refractivity contribution in [1.29, 1.82) is 5.26 Å². The number of halogens is 3. The molecule has 0 spiro atoms. The number of aromatic nitrogens is 1. The van der Waals surface area contributed by atoms with Crippen LogP contribution in [-0.2, 0) is 6.18 Å². The van der Waals surface area contributed by atoms with Crippen LogP contribution in [0, 0.1) is 25.2 Å². The second-order valence-corrected chi connectivity index (χ2v) is 5.36. The van der Waals surface area contributed by atoms with E-state index < -0.39 is 17.3 Å². The fraction of sp³-hybridized carbons (Fsp3) is 0.231. The highest BCUT2D eigenvalue weighted by atomic mass is 32.1. The van der Waals surface area contributed by atoms with E-state index in [1.165, 1.54) is 23.5 Å². The third kappa shape index (κ3) is 2.91. The lowest BCUT2D eigenvalue weighted by Crippen LogP contribution is -2.08. The number of benzene rings is 1. The molecule has 0 unspecified atom stereocenters. The Balaban J connectivity index is 2.33. The van der Waals surface area contributed by atoms with E-state index in [9.17, 15) is 13.2 Å². The maximum atomic E-state index is 12.7. The van der Waals surface area contributed by atoms with Crippen molar-refractivity contribution in [2.24, 2.45) is 0 Å². The van der Waals surface area contributed by atoms with Crippen LogP contribution in [0.2, 0.25) is 0 Å². The number of alkyl halides is 3. The van der Waals surface area contributed by atoms with Crippen LogP contribution in [0.4, 0.5) is 24.0 Å². The summed E-state index contributed by atoms with van der Waals surface area (Å²) in [5.74, 6) is 0. The largest absolute Gasteiger partial charge is 0.417 e. The van der Waals surface area contributed by atoms with Gasteiger partial charge in [-0.1, -0.05) is 0 Å². The number of thiazole rings is 1. The van der Waals surface area contributed by atoms with Crippen LogP contribution in [0.25, 0.3) is 0 Å². The molecule has 0 bridgehead atoms. The monoisotopic (exact) mass is 297 g/mol. The zero-order valence-electron chi connectivity index (χ0n) is 10.7. The molecule has 0 fully saturated rings. The fourth-order valence-corrected chi connectivity index (χ4v) is 2.45. The zero-order chi connectivity index (χ0) is 14.9. The molecular weight excluding hydrogens is 287 g/mol. The van der Waals surface area contributed by atoms with Gasteiger partial charge in [-0.25, -0.2) is 4.98 Å². The topological polar surface area (TPSA) is 48.7 Å². The van der Waals surface area contributed by atoms with Gasteiger partial charge in [-0.3, -0.25) is 0 Å². The molecule has 0 aliphatic heterocycles. The van der Waals surface area contributed by atoms with Crippen LogP contribution in [-0.4, -0.2) is 4.98 Å². The van der Waals surface area contributed by atoms with E-state index in [0.717, 1.165) is 16.6 Å². The Morgan fingerprint density at radius 1 is 1.30 bits per heavy atom. The summed E-state index contributed by atoms with van der Waals surface area (Å²) in [7, 11) is 0. The number of nitriles is 1. The number of nitrogens with one attached hydrogen (secondary N) is 1. The van der Waals surface area contributed by atoms with Crippen molar-refractivity contribution in [3.8, 4) is 6.07 Å². The maximum absolute atomic E-state index is 12.7. The Morgan fingerprint density at radius 2 is 2.00 bits per heavy atom. The summed E-state index contributed by atoms with van der Waals surface area (Å²) in [6.07, 6.45) is -4.53. The smallest absolute Gasteiger partial charge is 0.331 e. The van der Waals surface area contributed by atoms with E-state index in [2.05, 4.69) is 10.3 Å². The highest BCUT2D eigenvalue weighted by molar-refractivity contribution is 7.15. The summed E-state index contributed by atoms with van der Waals surface area (Å²) in [5.41, 5.74) is -0.0715. The Hall–Kier alpha value is -2.07. The predicted octanol–water partition coefficient (Wildman–Crippen LogP) is 4.39. The minimum absolute atomic E-state index is 0.406. The second-order valence-electron chi connectivity index (χ2n) is 4.16. The molecule has 0 aliphatic rings. The molecule has 104 valence electrons. The summed E-state index contributed by atoms with van der Waals surface area (Å²) < 4.78 is 38.0. The molecule has 0 atom stereocenters. The molecule has 0 saturated heterocycles.